The van der Waals surface area contributed by atoms with Gasteiger partial charge in [-0.25, -0.2) is 0 Å². The van der Waals surface area contributed by atoms with Crippen LogP contribution in [-0.4, -0.2) is 81.1 Å². The average Bonchev–Trinajstić information content (AvgIpc) is 3.44. The summed E-state index contributed by atoms with van der Waals surface area (Å²) in [5, 5.41) is 29.8. The second-order valence-corrected chi connectivity index (χ2v) is 10.1. The number of carbonyl (C=O) groups is 6. The van der Waals surface area contributed by atoms with Gasteiger partial charge in [0.2, 0.25) is 29.5 Å². The summed E-state index contributed by atoms with van der Waals surface area (Å²) in [7, 11) is 0. The van der Waals surface area contributed by atoms with Crippen molar-refractivity contribution in [3.05, 3.63) is 34.4 Å². The minimum atomic E-state index is -1.15. The highest BCUT2D eigenvalue weighted by molar-refractivity contribution is 5.99. The van der Waals surface area contributed by atoms with Gasteiger partial charge in [0, 0.05) is 30.8 Å². The summed E-state index contributed by atoms with van der Waals surface area (Å²) < 4.78 is 0. The number of carbonyl (C=O) groups excluding carboxylic acids is 5. The van der Waals surface area contributed by atoms with E-state index in [1.807, 2.05) is 6.92 Å². The Morgan fingerprint density at radius 3 is 2.26 bits per heavy atom. The first-order chi connectivity index (χ1) is 19.8. The maximum atomic E-state index is 13.3. The van der Waals surface area contributed by atoms with E-state index in [1.165, 1.54) is 43.0 Å². The Balaban J connectivity index is 2.00. The van der Waals surface area contributed by atoms with Gasteiger partial charge in [-0.15, -0.1) is 0 Å². The molecule has 1 aromatic rings. The zero-order valence-corrected chi connectivity index (χ0v) is 23.9. The SMILES string of the molecule is CCCCC(NC(=O)C1CCCN1C(=O)C(C)NC(=O)C(C)NC(=O)CCC(=O)O)C(=O)Nc1ccc([N+](=O)[O-])cc1. The quantitative estimate of drug-likeness (QED) is 0.146. The Bertz CT molecular complexity index is 1170. The zero-order valence-electron chi connectivity index (χ0n) is 23.9. The molecule has 1 aliphatic heterocycles. The lowest BCUT2D eigenvalue weighted by molar-refractivity contribution is -0.384. The van der Waals surface area contributed by atoms with Crippen molar-refractivity contribution in [1.29, 1.82) is 0 Å². The molecule has 0 spiro atoms. The molecule has 15 heteroatoms. The van der Waals surface area contributed by atoms with Crippen LogP contribution < -0.4 is 21.3 Å². The number of carboxylic acid groups (broad SMARTS) is 1. The summed E-state index contributed by atoms with van der Waals surface area (Å²) in [6.45, 7) is 5.05. The van der Waals surface area contributed by atoms with Crippen LogP contribution in [-0.2, 0) is 28.8 Å². The monoisotopic (exact) mass is 590 g/mol. The second-order valence-electron chi connectivity index (χ2n) is 10.1. The molecular weight excluding hydrogens is 552 g/mol. The lowest BCUT2D eigenvalue weighted by atomic mass is 10.1. The fraction of sp³-hybridized carbons (Fsp3) is 0.556. The number of carboxylic acids is 1. The number of aliphatic carboxylic acids is 1. The smallest absolute Gasteiger partial charge is 0.303 e. The van der Waals surface area contributed by atoms with Crippen molar-refractivity contribution in [2.45, 2.75) is 89.9 Å². The van der Waals surface area contributed by atoms with Gasteiger partial charge >= 0.3 is 5.97 Å². The van der Waals surface area contributed by atoms with Gasteiger partial charge < -0.3 is 31.3 Å². The molecule has 1 saturated heterocycles. The molecule has 15 nitrogen and oxygen atoms in total. The first-order valence-electron chi connectivity index (χ1n) is 13.8. The van der Waals surface area contributed by atoms with Crippen LogP contribution in [0.3, 0.4) is 0 Å². The molecule has 1 fully saturated rings. The van der Waals surface area contributed by atoms with E-state index in [0.29, 0.717) is 31.4 Å². The third kappa shape index (κ3) is 10.1. The number of likely N-dealkylation sites (tertiary alicyclic amines) is 1. The van der Waals surface area contributed by atoms with Crippen molar-refractivity contribution >= 4 is 46.9 Å². The van der Waals surface area contributed by atoms with Crippen LogP contribution in [0.1, 0.15) is 65.7 Å². The summed E-state index contributed by atoms with van der Waals surface area (Å²) >= 11 is 0. The van der Waals surface area contributed by atoms with Crippen LogP contribution in [0.15, 0.2) is 24.3 Å². The molecule has 1 aliphatic rings. The van der Waals surface area contributed by atoms with Gasteiger partial charge in [0.25, 0.3) is 5.69 Å². The van der Waals surface area contributed by atoms with E-state index < -0.39 is 64.6 Å². The number of hydrogen-bond donors (Lipinski definition) is 5. The molecule has 0 aliphatic carbocycles. The molecule has 0 saturated carbocycles. The average molecular weight is 591 g/mol. The summed E-state index contributed by atoms with van der Waals surface area (Å²) in [6.07, 6.45) is 1.96. The predicted octanol–water partition coefficient (Wildman–Crippen LogP) is 1.07. The van der Waals surface area contributed by atoms with Gasteiger partial charge in [0.15, 0.2) is 0 Å². The van der Waals surface area contributed by atoms with E-state index in [1.54, 1.807) is 0 Å². The predicted molar refractivity (Wildman–Crippen MR) is 150 cm³/mol. The van der Waals surface area contributed by atoms with Gasteiger partial charge in [-0.3, -0.25) is 38.9 Å². The summed E-state index contributed by atoms with van der Waals surface area (Å²) in [5.41, 5.74) is 0.200. The van der Waals surface area contributed by atoms with Crippen molar-refractivity contribution in [2.24, 2.45) is 0 Å². The molecule has 2 rings (SSSR count). The highest BCUT2D eigenvalue weighted by Crippen LogP contribution is 2.20. The minimum absolute atomic E-state index is 0.129. The molecular formula is C27H38N6O9. The number of nitro benzene ring substituents is 1. The molecule has 1 heterocycles. The lowest BCUT2D eigenvalue weighted by Gasteiger charge is -2.29. The van der Waals surface area contributed by atoms with Gasteiger partial charge in [-0.2, -0.15) is 0 Å². The van der Waals surface area contributed by atoms with E-state index in [0.717, 1.165) is 6.42 Å². The number of unbranched alkanes of at least 4 members (excludes halogenated alkanes) is 1. The van der Waals surface area contributed by atoms with E-state index >= 15 is 0 Å². The maximum absolute atomic E-state index is 13.3. The lowest BCUT2D eigenvalue weighted by Crippen LogP contribution is -2.56. The number of nitro groups is 1. The van der Waals surface area contributed by atoms with Gasteiger partial charge in [0.1, 0.15) is 24.2 Å². The molecule has 1 aromatic carbocycles. The van der Waals surface area contributed by atoms with Crippen molar-refractivity contribution in [2.75, 3.05) is 11.9 Å². The Morgan fingerprint density at radius 2 is 1.67 bits per heavy atom. The second kappa shape index (κ2) is 16.0. The van der Waals surface area contributed by atoms with Crippen LogP contribution in [0, 0.1) is 10.1 Å². The fourth-order valence-electron chi connectivity index (χ4n) is 4.39. The van der Waals surface area contributed by atoms with Crippen molar-refractivity contribution < 1.29 is 38.8 Å². The third-order valence-electron chi connectivity index (χ3n) is 6.73. The summed E-state index contributed by atoms with van der Waals surface area (Å²) in [6, 6.07) is 1.48. The number of rotatable bonds is 15. The van der Waals surface area contributed by atoms with Gasteiger partial charge in [-0.1, -0.05) is 19.8 Å². The maximum Gasteiger partial charge on any atom is 0.303 e. The number of benzene rings is 1. The van der Waals surface area contributed by atoms with Crippen molar-refractivity contribution in [3.63, 3.8) is 0 Å². The molecule has 5 N–H and O–H groups in total. The standard InChI is InChI=1S/C27H38N6O9/c1-4-5-7-20(25(38)30-18-9-11-19(12-10-18)33(41)42)31-26(39)21-8-6-15-32(21)27(40)17(3)29-24(37)16(2)28-22(34)13-14-23(35)36/h9-12,16-17,20-21H,4-8,13-15H2,1-3H3,(H,28,34)(H,29,37)(H,30,38)(H,31,39)(H,35,36). The zero-order chi connectivity index (χ0) is 31.4. The highest BCUT2D eigenvalue weighted by Gasteiger charge is 2.38. The summed E-state index contributed by atoms with van der Waals surface area (Å²) in [5.74, 6) is -3.94. The molecule has 0 aromatic heterocycles. The molecule has 0 radical (unpaired) electrons. The number of non-ortho nitro benzene ring substituents is 1. The van der Waals surface area contributed by atoms with E-state index in [-0.39, 0.29) is 25.1 Å². The van der Waals surface area contributed by atoms with E-state index in [4.69, 9.17) is 5.11 Å². The molecule has 4 unspecified atom stereocenters. The van der Waals surface area contributed by atoms with Crippen LogP contribution in [0.25, 0.3) is 0 Å². The summed E-state index contributed by atoms with van der Waals surface area (Å²) in [4.78, 5) is 86.1. The van der Waals surface area contributed by atoms with Crippen LogP contribution >= 0.6 is 0 Å². The first-order valence-corrected chi connectivity index (χ1v) is 13.8. The molecule has 0 bridgehead atoms. The van der Waals surface area contributed by atoms with E-state index in [2.05, 4.69) is 21.3 Å². The normalized spacial score (nSPS) is 16.5. The van der Waals surface area contributed by atoms with Gasteiger partial charge in [0.05, 0.1) is 11.3 Å². The first kappa shape index (κ1) is 33.6. The molecule has 4 atom stereocenters. The third-order valence-corrected chi connectivity index (χ3v) is 6.73. The van der Waals surface area contributed by atoms with Crippen molar-refractivity contribution in [1.82, 2.24) is 20.9 Å². The van der Waals surface area contributed by atoms with Crippen molar-refractivity contribution in [3.8, 4) is 0 Å². The largest absolute Gasteiger partial charge is 0.481 e. The fourth-order valence-corrected chi connectivity index (χ4v) is 4.39. The number of hydrogen-bond acceptors (Lipinski definition) is 8. The Kier molecular flexibility index (Phi) is 12.8. The van der Waals surface area contributed by atoms with Crippen LogP contribution in [0.4, 0.5) is 11.4 Å². The Hall–Kier alpha value is -4.56. The van der Waals surface area contributed by atoms with E-state index in [9.17, 15) is 38.9 Å². The number of anilines is 1. The van der Waals surface area contributed by atoms with Crippen LogP contribution in [0.2, 0.25) is 0 Å². The Morgan fingerprint density at radius 1 is 1.00 bits per heavy atom. The molecule has 230 valence electrons. The molecule has 42 heavy (non-hydrogen) atoms. The highest BCUT2D eigenvalue weighted by atomic mass is 16.6. The number of nitrogens with zero attached hydrogens (tertiary/aromatic N) is 2. The number of nitrogens with one attached hydrogen (secondary N) is 4. The molecule has 5 amide bonds. The van der Waals surface area contributed by atoms with Gasteiger partial charge in [-0.05, 0) is 45.2 Å². The Labute approximate surface area is 242 Å². The number of amides is 5. The topological polar surface area (TPSA) is 217 Å². The minimum Gasteiger partial charge on any atom is -0.481 e. The van der Waals surface area contributed by atoms with Crippen LogP contribution in [0.5, 0.6) is 0 Å².